The first-order valence-electron chi connectivity index (χ1n) is 7.92. The smallest absolute Gasteiger partial charge is 0.0595 e. The van der Waals surface area contributed by atoms with E-state index < -0.39 is 0 Å². The van der Waals surface area contributed by atoms with Gasteiger partial charge in [-0.3, -0.25) is 4.90 Å². The van der Waals surface area contributed by atoms with E-state index in [0.717, 1.165) is 6.54 Å². The number of hydrogen-bond donors (Lipinski definition) is 1. The third-order valence-corrected chi connectivity index (χ3v) is 5.09. The second-order valence-corrected chi connectivity index (χ2v) is 7.28. The van der Waals surface area contributed by atoms with Crippen molar-refractivity contribution in [1.29, 1.82) is 0 Å². The topological polar surface area (TPSA) is 29.3 Å². The Bertz CT molecular complexity index is 462. The molecule has 118 valence electrons. The maximum atomic E-state index is 6.19. The van der Waals surface area contributed by atoms with Crippen molar-refractivity contribution in [2.45, 2.75) is 45.1 Å². The number of hydrogen-bond acceptors (Lipinski definition) is 2. The third kappa shape index (κ3) is 4.35. The van der Waals surface area contributed by atoms with Gasteiger partial charge in [0.15, 0.2) is 0 Å². The molecule has 0 amide bonds. The molecule has 2 atom stereocenters. The van der Waals surface area contributed by atoms with Crippen molar-refractivity contribution in [3.05, 3.63) is 33.8 Å². The Morgan fingerprint density at radius 3 is 2.62 bits per heavy atom. The van der Waals surface area contributed by atoms with Crippen LogP contribution in [-0.4, -0.2) is 30.6 Å². The molecule has 0 saturated carbocycles. The van der Waals surface area contributed by atoms with Crippen LogP contribution in [0.3, 0.4) is 0 Å². The summed E-state index contributed by atoms with van der Waals surface area (Å²) >= 11 is 12.2. The van der Waals surface area contributed by atoms with Gasteiger partial charge >= 0.3 is 0 Å². The Morgan fingerprint density at radius 2 is 2.00 bits per heavy atom. The molecule has 2 N–H and O–H groups in total. The summed E-state index contributed by atoms with van der Waals surface area (Å²) in [6, 6.07) is 6.47. The summed E-state index contributed by atoms with van der Waals surface area (Å²) in [5.74, 6) is 1.01. The normalized spacial score (nSPS) is 21.7. The molecule has 1 aliphatic rings. The highest BCUT2D eigenvalue weighted by Gasteiger charge is 2.30. The number of piperidine rings is 1. The molecular weight excluding hydrogens is 303 g/mol. The van der Waals surface area contributed by atoms with Crippen LogP contribution in [0.25, 0.3) is 0 Å². The van der Waals surface area contributed by atoms with Gasteiger partial charge in [0.05, 0.1) is 10.0 Å². The first kappa shape index (κ1) is 17.1. The molecule has 1 saturated heterocycles. The summed E-state index contributed by atoms with van der Waals surface area (Å²) in [7, 11) is 0. The molecule has 2 rings (SSSR count). The van der Waals surface area contributed by atoms with Crippen molar-refractivity contribution >= 4 is 23.2 Å². The predicted octanol–water partition coefficient (Wildman–Crippen LogP) is 4.55. The van der Waals surface area contributed by atoms with Gasteiger partial charge in [-0.25, -0.2) is 0 Å². The molecule has 0 radical (unpaired) electrons. The molecule has 0 aliphatic carbocycles. The zero-order valence-electron chi connectivity index (χ0n) is 13.0. The number of nitrogens with two attached hydrogens (primary N) is 1. The minimum atomic E-state index is 0.332. The lowest BCUT2D eigenvalue weighted by Crippen LogP contribution is -2.46. The van der Waals surface area contributed by atoms with Gasteiger partial charge in [-0.2, -0.15) is 0 Å². The fourth-order valence-electron chi connectivity index (χ4n) is 3.43. The van der Waals surface area contributed by atoms with Crippen molar-refractivity contribution < 1.29 is 0 Å². The zero-order chi connectivity index (χ0) is 15.4. The molecule has 0 aromatic heterocycles. The highest BCUT2D eigenvalue weighted by atomic mass is 35.5. The van der Waals surface area contributed by atoms with Crippen molar-refractivity contribution in [2.75, 3.05) is 19.6 Å². The van der Waals surface area contributed by atoms with Crippen LogP contribution in [0, 0.1) is 5.92 Å². The van der Waals surface area contributed by atoms with Gasteiger partial charge in [0.2, 0.25) is 0 Å². The van der Waals surface area contributed by atoms with E-state index in [1.54, 1.807) is 0 Å². The van der Waals surface area contributed by atoms with E-state index in [2.05, 4.69) is 24.8 Å². The fourth-order valence-corrected chi connectivity index (χ4v) is 3.73. The number of halogens is 2. The second-order valence-electron chi connectivity index (χ2n) is 6.47. The van der Waals surface area contributed by atoms with Crippen molar-refractivity contribution in [3.8, 4) is 0 Å². The van der Waals surface area contributed by atoms with Gasteiger partial charge in [0.25, 0.3) is 0 Å². The van der Waals surface area contributed by atoms with Crippen LogP contribution >= 0.6 is 23.2 Å². The summed E-state index contributed by atoms with van der Waals surface area (Å²) in [6.07, 6.45) is 3.80. The van der Waals surface area contributed by atoms with E-state index in [-0.39, 0.29) is 0 Å². The third-order valence-electron chi connectivity index (χ3n) is 4.35. The molecule has 1 aromatic carbocycles. The van der Waals surface area contributed by atoms with Crippen LogP contribution in [0.2, 0.25) is 10.0 Å². The average molecular weight is 329 g/mol. The van der Waals surface area contributed by atoms with Gasteiger partial charge in [-0.05, 0) is 43.0 Å². The highest BCUT2D eigenvalue weighted by molar-refractivity contribution is 6.42. The van der Waals surface area contributed by atoms with E-state index in [9.17, 15) is 0 Å². The van der Waals surface area contributed by atoms with Crippen molar-refractivity contribution in [1.82, 2.24) is 4.90 Å². The van der Waals surface area contributed by atoms with Crippen LogP contribution in [0.4, 0.5) is 0 Å². The van der Waals surface area contributed by atoms with Crippen LogP contribution in [0.1, 0.15) is 44.6 Å². The van der Waals surface area contributed by atoms with Crippen LogP contribution in [0.15, 0.2) is 18.2 Å². The van der Waals surface area contributed by atoms with Crippen molar-refractivity contribution in [3.63, 3.8) is 0 Å². The Morgan fingerprint density at radius 1 is 1.24 bits per heavy atom. The van der Waals surface area contributed by atoms with Crippen molar-refractivity contribution in [2.24, 2.45) is 11.7 Å². The summed E-state index contributed by atoms with van der Waals surface area (Å²) in [4.78, 5) is 2.62. The van der Waals surface area contributed by atoms with E-state index in [0.29, 0.717) is 34.5 Å². The Balaban J connectivity index is 2.22. The SMILES string of the molecule is CC(C)CN1CCCCC1C(CN)c1ccc(Cl)c(Cl)c1. The molecule has 0 spiro atoms. The Kier molecular flexibility index (Phi) is 6.36. The highest BCUT2D eigenvalue weighted by Crippen LogP contribution is 2.33. The number of likely N-dealkylation sites (tertiary alicyclic amines) is 1. The minimum Gasteiger partial charge on any atom is -0.330 e. The van der Waals surface area contributed by atoms with E-state index >= 15 is 0 Å². The Hall–Kier alpha value is -0.280. The Labute approximate surface area is 138 Å². The number of rotatable bonds is 5. The molecule has 2 unspecified atom stereocenters. The molecule has 0 bridgehead atoms. The monoisotopic (exact) mass is 328 g/mol. The summed E-state index contributed by atoms with van der Waals surface area (Å²) in [5, 5.41) is 1.23. The van der Waals surface area contributed by atoms with E-state index in [1.807, 2.05) is 12.1 Å². The zero-order valence-corrected chi connectivity index (χ0v) is 14.5. The summed E-state index contributed by atoms with van der Waals surface area (Å²) in [5.41, 5.74) is 7.33. The number of benzene rings is 1. The minimum absolute atomic E-state index is 0.332. The van der Waals surface area contributed by atoms with Gasteiger partial charge < -0.3 is 5.73 Å². The van der Waals surface area contributed by atoms with Crippen LogP contribution < -0.4 is 5.73 Å². The quantitative estimate of drug-likeness (QED) is 0.859. The molecule has 1 aliphatic heterocycles. The molecule has 1 fully saturated rings. The van der Waals surface area contributed by atoms with Gasteiger partial charge in [0.1, 0.15) is 0 Å². The lowest BCUT2D eigenvalue weighted by Gasteiger charge is -2.41. The largest absolute Gasteiger partial charge is 0.330 e. The molecule has 1 aromatic rings. The average Bonchev–Trinajstić information content (AvgIpc) is 2.44. The second kappa shape index (κ2) is 7.82. The van der Waals surface area contributed by atoms with E-state index in [4.69, 9.17) is 28.9 Å². The van der Waals surface area contributed by atoms with Crippen LogP contribution in [-0.2, 0) is 0 Å². The first-order valence-corrected chi connectivity index (χ1v) is 8.67. The first-order chi connectivity index (χ1) is 10.0. The fraction of sp³-hybridized carbons (Fsp3) is 0.647. The standard InChI is InChI=1S/C17H26Cl2N2/c1-12(2)11-21-8-4-3-5-17(21)14(10-20)13-6-7-15(18)16(19)9-13/h6-7,9,12,14,17H,3-5,8,10-11,20H2,1-2H3. The lowest BCUT2D eigenvalue weighted by atomic mass is 9.84. The molecular formula is C17H26Cl2N2. The summed E-state index contributed by atoms with van der Waals surface area (Å²) in [6.45, 7) is 7.53. The van der Waals surface area contributed by atoms with Crippen LogP contribution in [0.5, 0.6) is 0 Å². The van der Waals surface area contributed by atoms with Gasteiger partial charge in [-0.1, -0.05) is 49.5 Å². The van der Waals surface area contributed by atoms with Gasteiger partial charge in [-0.15, -0.1) is 0 Å². The maximum absolute atomic E-state index is 6.19. The summed E-state index contributed by atoms with van der Waals surface area (Å²) < 4.78 is 0. The molecule has 2 nitrogen and oxygen atoms in total. The molecule has 21 heavy (non-hydrogen) atoms. The van der Waals surface area contributed by atoms with E-state index in [1.165, 1.54) is 31.4 Å². The van der Waals surface area contributed by atoms with Gasteiger partial charge in [0, 0.05) is 25.0 Å². The predicted molar refractivity (Wildman–Crippen MR) is 92.3 cm³/mol. The maximum Gasteiger partial charge on any atom is 0.0595 e. The number of nitrogens with zero attached hydrogens (tertiary/aromatic N) is 1. The molecule has 4 heteroatoms. The molecule has 1 heterocycles. The lowest BCUT2D eigenvalue weighted by molar-refractivity contribution is 0.112.